The van der Waals surface area contributed by atoms with Crippen LogP contribution in [-0.2, 0) is 18.9 Å². The fourth-order valence-electron chi connectivity index (χ4n) is 4.64. The SMILES string of the molecule is C1=CC2CC1C(COC1CCCCO1)C2COC1CCCCO1. The third kappa shape index (κ3) is 3.81. The Labute approximate surface area is 139 Å². The minimum Gasteiger partial charge on any atom is -0.353 e. The fraction of sp³-hybridized carbons (Fsp3) is 0.895. The van der Waals surface area contributed by atoms with Crippen LogP contribution in [0.1, 0.15) is 44.9 Å². The average molecular weight is 322 g/mol. The molecule has 6 atom stereocenters. The Morgan fingerprint density at radius 1 is 0.739 bits per heavy atom. The van der Waals surface area contributed by atoms with E-state index in [0.717, 1.165) is 39.3 Å². The van der Waals surface area contributed by atoms with E-state index in [0.29, 0.717) is 23.7 Å². The molecule has 0 aromatic rings. The molecular formula is C19H30O4. The van der Waals surface area contributed by atoms with Gasteiger partial charge in [-0.1, -0.05) is 12.2 Å². The molecule has 2 aliphatic carbocycles. The van der Waals surface area contributed by atoms with Gasteiger partial charge in [-0.25, -0.2) is 0 Å². The van der Waals surface area contributed by atoms with Crippen molar-refractivity contribution in [3.63, 3.8) is 0 Å². The summed E-state index contributed by atoms with van der Waals surface area (Å²) in [7, 11) is 0. The van der Waals surface area contributed by atoms with Gasteiger partial charge in [-0.2, -0.15) is 0 Å². The van der Waals surface area contributed by atoms with Crippen LogP contribution in [0.15, 0.2) is 12.2 Å². The van der Waals surface area contributed by atoms with Crippen molar-refractivity contribution in [2.75, 3.05) is 26.4 Å². The zero-order valence-corrected chi connectivity index (χ0v) is 14.0. The molecule has 0 amide bonds. The highest BCUT2D eigenvalue weighted by molar-refractivity contribution is 5.13. The van der Waals surface area contributed by atoms with Crippen LogP contribution in [0.4, 0.5) is 0 Å². The van der Waals surface area contributed by atoms with E-state index in [1.807, 2.05) is 0 Å². The molecule has 4 rings (SSSR count). The van der Waals surface area contributed by atoms with Crippen molar-refractivity contribution in [2.45, 2.75) is 57.5 Å². The highest BCUT2D eigenvalue weighted by Gasteiger charge is 2.45. The number of rotatable bonds is 6. The van der Waals surface area contributed by atoms with Crippen LogP contribution in [0.2, 0.25) is 0 Å². The first kappa shape index (κ1) is 16.1. The first-order valence-electron chi connectivity index (χ1n) is 9.55. The summed E-state index contributed by atoms with van der Waals surface area (Å²) >= 11 is 0. The average Bonchev–Trinajstić information content (AvgIpc) is 3.21. The lowest BCUT2D eigenvalue weighted by atomic mass is 9.84. The molecule has 0 N–H and O–H groups in total. The number of fused-ring (bicyclic) bond motifs is 2. The predicted octanol–water partition coefficient (Wildman–Crippen LogP) is 3.51. The molecule has 4 nitrogen and oxygen atoms in total. The Balaban J connectivity index is 1.28. The molecule has 130 valence electrons. The van der Waals surface area contributed by atoms with Gasteiger partial charge in [0, 0.05) is 13.2 Å². The summed E-state index contributed by atoms with van der Waals surface area (Å²) in [6, 6.07) is 0. The third-order valence-electron chi connectivity index (χ3n) is 6.02. The first-order valence-corrected chi connectivity index (χ1v) is 9.55. The Kier molecular flexibility index (Phi) is 5.34. The van der Waals surface area contributed by atoms with E-state index in [4.69, 9.17) is 18.9 Å². The van der Waals surface area contributed by atoms with Crippen LogP contribution >= 0.6 is 0 Å². The highest BCUT2D eigenvalue weighted by Crippen LogP contribution is 2.48. The van der Waals surface area contributed by atoms with E-state index in [1.165, 1.54) is 32.1 Å². The Hall–Kier alpha value is -0.420. The zero-order valence-electron chi connectivity index (χ0n) is 14.0. The number of hydrogen-bond acceptors (Lipinski definition) is 4. The van der Waals surface area contributed by atoms with E-state index in [2.05, 4.69) is 12.2 Å². The molecule has 6 unspecified atom stereocenters. The summed E-state index contributed by atoms with van der Waals surface area (Å²) in [4.78, 5) is 0. The van der Waals surface area contributed by atoms with Crippen molar-refractivity contribution < 1.29 is 18.9 Å². The van der Waals surface area contributed by atoms with Crippen LogP contribution in [0.5, 0.6) is 0 Å². The normalized spacial score (nSPS) is 43.1. The van der Waals surface area contributed by atoms with E-state index in [-0.39, 0.29) is 12.6 Å². The van der Waals surface area contributed by atoms with Crippen LogP contribution in [0.3, 0.4) is 0 Å². The van der Waals surface area contributed by atoms with E-state index in [9.17, 15) is 0 Å². The standard InChI is InChI=1S/C19H30O4/c1-3-9-20-18(5-1)22-12-16-14-7-8-15(11-14)17(16)13-23-19-6-2-4-10-21-19/h7-8,14-19H,1-6,9-13H2. The van der Waals surface area contributed by atoms with Gasteiger partial charge in [0.05, 0.1) is 13.2 Å². The summed E-state index contributed by atoms with van der Waals surface area (Å²) in [5.74, 6) is 2.51. The minimum atomic E-state index is 0.0232. The first-order chi connectivity index (χ1) is 11.4. The Morgan fingerprint density at radius 2 is 1.26 bits per heavy atom. The molecule has 0 spiro atoms. The quantitative estimate of drug-likeness (QED) is 0.701. The molecule has 0 radical (unpaired) electrons. The summed E-state index contributed by atoms with van der Waals surface area (Å²) in [5, 5.41) is 0. The number of hydrogen-bond donors (Lipinski definition) is 0. The van der Waals surface area contributed by atoms with Gasteiger partial charge in [-0.05, 0) is 68.6 Å². The van der Waals surface area contributed by atoms with Crippen LogP contribution < -0.4 is 0 Å². The van der Waals surface area contributed by atoms with Gasteiger partial charge >= 0.3 is 0 Å². The summed E-state index contributed by atoms with van der Waals surface area (Å²) in [6.45, 7) is 3.34. The lowest BCUT2D eigenvalue weighted by Gasteiger charge is -2.32. The van der Waals surface area contributed by atoms with Crippen molar-refractivity contribution in [1.29, 1.82) is 0 Å². The molecule has 3 fully saturated rings. The minimum absolute atomic E-state index is 0.0232. The second-order valence-corrected chi connectivity index (χ2v) is 7.53. The van der Waals surface area contributed by atoms with Gasteiger partial charge in [0.25, 0.3) is 0 Å². The third-order valence-corrected chi connectivity index (χ3v) is 6.02. The summed E-state index contributed by atoms with van der Waals surface area (Å²) < 4.78 is 23.6. The van der Waals surface area contributed by atoms with E-state index in [1.54, 1.807) is 0 Å². The monoisotopic (exact) mass is 322 g/mol. The van der Waals surface area contributed by atoms with E-state index < -0.39 is 0 Å². The molecular weight excluding hydrogens is 292 g/mol. The summed E-state index contributed by atoms with van der Waals surface area (Å²) in [6.07, 6.45) is 13.0. The molecule has 2 bridgehead atoms. The van der Waals surface area contributed by atoms with Gasteiger partial charge in [0.2, 0.25) is 0 Å². The van der Waals surface area contributed by atoms with Crippen molar-refractivity contribution in [1.82, 2.24) is 0 Å². The molecule has 4 heteroatoms. The highest BCUT2D eigenvalue weighted by atomic mass is 16.7. The van der Waals surface area contributed by atoms with E-state index >= 15 is 0 Å². The number of allylic oxidation sites excluding steroid dienone is 2. The van der Waals surface area contributed by atoms with Crippen molar-refractivity contribution >= 4 is 0 Å². The van der Waals surface area contributed by atoms with Gasteiger partial charge < -0.3 is 18.9 Å². The predicted molar refractivity (Wildman–Crippen MR) is 86.8 cm³/mol. The summed E-state index contributed by atoms with van der Waals surface area (Å²) in [5.41, 5.74) is 0. The van der Waals surface area contributed by atoms with Crippen molar-refractivity contribution in [2.24, 2.45) is 23.7 Å². The van der Waals surface area contributed by atoms with Crippen LogP contribution in [0, 0.1) is 23.7 Å². The maximum atomic E-state index is 6.10. The lowest BCUT2D eigenvalue weighted by molar-refractivity contribution is -0.186. The Morgan fingerprint density at radius 3 is 1.70 bits per heavy atom. The molecule has 2 heterocycles. The maximum Gasteiger partial charge on any atom is 0.157 e. The molecule has 1 saturated carbocycles. The lowest BCUT2D eigenvalue weighted by Crippen LogP contribution is -2.33. The second-order valence-electron chi connectivity index (χ2n) is 7.53. The van der Waals surface area contributed by atoms with Crippen LogP contribution in [-0.4, -0.2) is 39.0 Å². The largest absolute Gasteiger partial charge is 0.353 e. The second kappa shape index (κ2) is 7.64. The fourth-order valence-corrected chi connectivity index (χ4v) is 4.64. The maximum absolute atomic E-state index is 6.10. The molecule has 0 aromatic heterocycles. The van der Waals surface area contributed by atoms with Crippen molar-refractivity contribution in [3.05, 3.63) is 12.2 Å². The molecule has 2 saturated heterocycles. The smallest absolute Gasteiger partial charge is 0.157 e. The zero-order chi connectivity index (χ0) is 15.5. The van der Waals surface area contributed by atoms with Gasteiger partial charge in [-0.3, -0.25) is 0 Å². The molecule has 23 heavy (non-hydrogen) atoms. The molecule has 0 aromatic carbocycles. The van der Waals surface area contributed by atoms with Gasteiger partial charge in [0.15, 0.2) is 12.6 Å². The topological polar surface area (TPSA) is 36.9 Å². The number of ether oxygens (including phenoxy) is 4. The Bertz CT molecular complexity index is 362. The van der Waals surface area contributed by atoms with Gasteiger partial charge in [0.1, 0.15) is 0 Å². The van der Waals surface area contributed by atoms with Crippen molar-refractivity contribution in [3.8, 4) is 0 Å². The van der Waals surface area contributed by atoms with Crippen LogP contribution in [0.25, 0.3) is 0 Å². The molecule has 4 aliphatic rings. The molecule has 2 aliphatic heterocycles. The van der Waals surface area contributed by atoms with Gasteiger partial charge in [-0.15, -0.1) is 0 Å².